The minimum atomic E-state index is -4.23. The minimum absolute atomic E-state index is 0.0438. The van der Waals surface area contributed by atoms with E-state index in [2.05, 4.69) is 14.8 Å². The Kier molecular flexibility index (Phi) is 5.59. The number of benzene rings is 1. The molecule has 1 aliphatic rings. The highest BCUT2D eigenvalue weighted by Gasteiger charge is 2.55. The van der Waals surface area contributed by atoms with E-state index in [4.69, 9.17) is 11.6 Å². The number of rotatable bonds is 6. The van der Waals surface area contributed by atoms with Crippen molar-refractivity contribution in [3.05, 3.63) is 46.5 Å². The van der Waals surface area contributed by atoms with E-state index in [1.54, 1.807) is 6.92 Å². The topological polar surface area (TPSA) is 92.2 Å². The number of nitrogens with one attached hydrogen (secondary N) is 3. The highest BCUT2D eigenvalue weighted by Crippen LogP contribution is 2.45. The molecule has 0 aliphatic heterocycles. The maximum atomic E-state index is 13.4. The lowest BCUT2D eigenvalue weighted by Gasteiger charge is -2.44. The van der Waals surface area contributed by atoms with Crippen molar-refractivity contribution in [1.29, 1.82) is 0 Å². The van der Waals surface area contributed by atoms with Crippen molar-refractivity contribution in [3.63, 3.8) is 0 Å². The van der Waals surface area contributed by atoms with Gasteiger partial charge >= 0.3 is 0 Å². The molecule has 1 aliphatic carbocycles. The molecule has 0 atom stereocenters. The molecule has 0 bridgehead atoms. The van der Waals surface area contributed by atoms with Crippen molar-refractivity contribution in [2.24, 2.45) is 7.05 Å². The van der Waals surface area contributed by atoms with Gasteiger partial charge in [-0.25, -0.2) is 13.2 Å². The Hall–Kier alpha value is -2.24. The van der Waals surface area contributed by atoms with Gasteiger partial charge in [-0.05, 0) is 37.6 Å². The van der Waals surface area contributed by atoms with E-state index in [0.717, 1.165) is 0 Å². The second-order valence-corrected chi connectivity index (χ2v) is 9.51. The van der Waals surface area contributed by atoms with Gasteiger partial charge in [-0.3, -0.25) is 9.52 Å². The zero-order valence-electron chi connectivity index (χ0n) is 16.3. The normalized spacial score (nSPS) is 17.3. The van der Waals surface area contributed by atoms with Gasteiger partial charge in [0.25, 0.3) is 22.0 Å². The Balaban J connectivity index is 1.76. The third-order valence-electron chi connectivity index (χ3n) is 4.67. The average molecular weight is 465 g/mol. The summed E-state index contributed by atoms with van der Waals surface area (Å²) in [5.41, 5.74) is -0.754. The number of hydrogen-bond donors (Lipinski definition) is 3. The Morgan fingerprint density at radius 3 is 2.47 bits per heavy atom. The van der Waals surface area contributed by atoms with Crippen LogP contribution in [-0.2, 0) is 17.3 Å². The number of halogens is 4. The Morgan fingerprint density at radius 1 is 1.27 bits per heavy atom. The number of amides is 1. The van der Waals surface area contributed by atoms with Gasteiger partial charge in [0.2, 0.25) is 0 Å². The number of hydrogen-bond acceptors (Lipinski definition) is 3. The number of alkyl halides is 2. The molecular weight excluding hydrogens is 445 g/mol. The number of carbonyl (C=O) groups excluding carboxylic acids is 1. The van der Waals surface area contributed by atoms with E-state index < -0.39 is 46.2 Å². The van der Waals surface area contributed by atoms with Crippen molar-refractivity contribution in [2.45, 2.75) is 38.2 Å². The zero-order valence-corrected chi connectivity index (χ0v) is 17.9. The number of aryl methyl sites for hydroxylation is 2. The summed E-state index contributed by atoms with van der Waals surface area (Å²) in [7, 11) is -2.75. The van der Waals surface area contributed by atoms with Crippen LogP contribution in [0.15, 0.2) is 24.4 Å². The van der Waals surface area contributed by atoms with E-state index >= 15 is 0 Å². The first-order valence-corrected chi connectivity index (χ1v) is 10.7. The van der Waals surface area contributed by atoms with Gasteiger partial charge in [0, 0.05) is 37.3 Å². The van der Waals surface area contributed by atoms with Crippen LogP contribution in [0, 0.1) is 12.7 Å². The van der Waals surface area contributed by atoms with Gasteiger partial charge in [-0.15, -0.1) is 0 Å². The van der Waals surface area contributed by atoms with E-state index in [9.17, 15) is 26.4 Å². The molecule has 0 radical (unpaired) electrons. The molecule has 1 heterocycles. The second-order valence-electron chi connectivity index (χ2n) is 7.71. The van der Waals surface area contributed by atoms with Crippen LogP contribution >= 0.6 is 11.6 Å². The molecule has 2 aromatic rings. The Morgan fingerprint density at radius 2 is 1.90 bits per heavy atom. The number of carbonyl (C=O) groups is 1. The van der Waals surface area contributed by atoms with Crippen LogP contribution in [-0.4, -0.2) is 30.4 Å². The fraction of sp³-hybridized carbons (Fsp3) is 0.389. The van der Waals surface area contributed by atoms with E-state index in [1.807, 2.05) is 0 Å². The first kappa shape index (κ1) is 22.4. The monoisotopic (exact) mass is 464 g/mol. The first-order valence-electron chi connectivity index (χ1n) is 8.82. The van der Waals surface area contributed by atoms with Crippen molar-refractivity contribution in [2.75, 3.05) is 10.0 Å². The fourth-order valence-corrected chi connectivity index (χ4v) is 5.16. The molecule has 1 amide bonds. The molecule has 12 heteroatoms. The number of nitrogens with zero attached hydrogens (tertiary/aromatic N) is 1. The molecule has 1 fully saturated rings. The molecule has 1 saturated carbocycles. The number of anilines is 2. The smallest absolute Gasteiger partial charge is 0.299 e. The second kappa shape index (κ2) is 7.47. The standard InChI is InChI=1S/C18H20ClF3N4O3S/c1-10-6-11(4-5-12(10)20)23-16(27)15-14(19)13(7-26(15)3)24-30(28,29)25-17(2)8-18(21,22)9-17/h4-7,24-25H,8-9H2,1-3H3,(H,23,27). The summed E-state index contributed by atoms with van der Waals surface area (Å²) in [5.74, 6) is -3.98. The number of aromatic nitrogens is 1. The van der Waals surface area contributed by atoms with Gasteiger partial charge in [0.1, 0.15) is 11.5 Å². The molecule has 0 unspecified atom stereocenters. The minimum Gasteiger partial charge on any atom is -0.343 e. The van der Waals surface area contributed by atoms with Crippen molar-refractivity contribution in [3.8, 4) is 0 Å². The summed E-state index contributed by atoms with van der Waals surface area (Å²) in [6, 6.07) is 4.01. The van der Waals surface area contributed by atoms with Crippen molar-refractivity contribution in [1.82, 2.24) is 9.29 Å². The Bertz CT molecular complexity index is 1110. The van der Waals surface area contributed by atoms with Crippen LogP contribution in [0.1, 0.15) is 35.8 Å². The lowest BCUT2D eigenvalue weighted by Crippen LogP contribution is -2.61. The maximum absolute atomic E-state index is 13.4. The molecule has 7 nitrogen and oxygen atoms in total. The van der Waals surface area contributed by atoms with Gasteiger partial charge in [-0.1, -0.05) is 11.6 Å². The first-order chi connectivity index (χ1) is 13.7. The third-order valence-corrected chi connectivity index (χ3v) is 6.31. The van der Waals surface area contributed by atoms with Gasteiger partial charge in [-0.2, -0.15) is 13.1 Å². The van der Waals surface area contributed by atoms with Crippen LogP contribution in [0.3, 0.4) is 0 Å². The molecular formula is C18H20ClF3N4O3S. The third kappa shape index (κ3) is 4.73. The lowest BCUT2D eigenvalue weighted by atomic mass is 9.76. The van der Waals surface area contributed by atoms with E-state index in [0.29, 0.717) is 11.3 Å². The van der Waals surface area contributed by atoms with Gasteiger partial charge in [0.15, 0.2) is 0 Å². The van der Waals surface area contributed by atoms with Gasteiger partial charge < -0.3 is 9.88 Å². The molecule has 0 saturated heterocycles. The van der Waals surface area contributed by atoms with Crippen LogP contribution in [0.25, 0.3) is 0 Å². The van der Waals surface area contributed by atoms with Crippen molar-refractivity contribution >= 4 is 39.1 Å². The maximum Gasteiger partial charge on any atom is 0.299 e. The molecule has 3 rings (SSSR count). The van der Waals surface area contributed by atoms with Gasteiger partial charge in [0.05, 0.1) is 10.7 Å². The van der Waals surface area contributed by atoms with E-state index in [-0.39, 0.29) is 16.4 Å². The molecule has 0 spiro atoms. The van der Waals surface area contributed by atoms with Crippen LogP contribution in [0.4, 0.5) is 24.5 Å². The SMILES string of the molecule is Cc1cc(NC(=O)c2c(Cl)c(NS(=O)(=O)NC3(C)CC(F)(F)C3)cn2C)ccc1F. The highest BCUT2D eigenvalue weighted by atomic mass is 35.5. The predicted octanol–water partition coefficient (Wildman–Crippen LogP) is 3.81. The summed E-state index contributed by atoms with van der Waals surface area (Å²) in [4.78, 5) is 12.6. The van der Waals surface area contributed by atoms with Crippen LogP contribution < -0.4 is 14.8 Å². The van der Waals surface area contributed by atoms with Crippen molar-refractivity contribution < 1.29 is 26.4 Å². The van der Waals surface area contributed by atoms with E-state index in [1.165, 1.54) is 42.9 Å². The predicted molar refractivity (Wildman–Crippen MR) is 108 cm³/mol. The summed E-state index contributed by atoms with van der Waals surface area (Å²) < 4.78 is 70.0. The molecule has 1 aromatic carbocycles. The quantitative estimate of drug-likeness (QED) is 0.607. The molecule has 164 valence electrons. The largest absolute Gasteiger partial charge is 0.343 e. The summed E-state index contributed by atoms with van der Waals surface area (Å²) >= 11 is 6.20. The summed E-state index contributed by atoms with van der Waals surface area (Å²) in [6.07, 6.45) is 0.0481. The zero-order chi connectivity index (χ0) is 22.5. The molecule has 3 N–H and O–H groups in total. The summed E-state index contributed by atoms with van der Waals surface area (Å²) in [5, 5.41) is 2.39. The fourth-order valence-electron chi connectivity index (χ4n) is 3.50. The Labute approximate surface area is 176 Å². The molecule has 1 aromatic heterocycles. The van der Waals surface area contributed by atoms with Crippen LogP contribution in [0.2, 0.25) is 5.02 Å². The van der Waals surface area contributed by atoms with Crippen LogP contribution in [0.5, 0.6) is 0 Å². The molecule has 30 heavy (non-hydrogen) atoms. The summed E-state index contributed by atoms with van der Waals surface area (Å²) in [6.45, 7) is 2.92. The lowest BCUT2D eigenvalue weighted by molar-refractivity contribution is -0.121. The highest BCUT2D eigenvalue weighted by molar-refractivity contribution is 7.90. The average Bonchev–Trinajstić information content (AvgIpc) is 2.81.